The highest BCUT2D eigenvalue weighted by atomic mass is 19.1. The van der Waals surface area contributed by atoms with Crippen molar-refractivity contribution in [2.75, 3.05) is 20.3 Å². The summed E-state index contributed by atoms with van der Waals surface area (Å²) in [6, 6.07) is 10.1. The third-order valence-corrected chi connectivity index (χ3v) is 6.74. The molecule has 2 aliphatic heterocycles. The van der Waals surface area contributed by atoms with Crippen LogP contribution in [0.25, 0.3) is 17.0 Å². The fourth-order valence-electron chi connectivity index (χ4n) is 5.29. The number of nitrogens with one attached hydrogen (secondary N) is 1. The van der Waals surface area contributed by atoms with Gasteiger partial charge in [-0.1, -0.05) is 18.2 Å². The molecule has 0 amide bonds. The Morgan fingerprint density at radius 1 is 1.24 bits per heavy atom. The van der Waals surface area contributed by atoms with E-state index in [1.807, 2.05) is 18.2 Å². The largest absolute Gasteiger partial charge is 0.466 e. The molecular formula is C26H26F2N2O3. The fourth-order valence-corrected chi connectivity index (χ4v) is 5.29. The van der Waals surface area contributed by atoms with Crippen LogP contribution in [0.15, 0.2) is 42.5 Å². The van der Waals surface area contributed by atoms with Crippen LogP contribution in [0.1, 0.15) is 41.8 Å². The van der Waals surface area contributed by atoms with Crippen LogP contribution >= 0.6 is 0 Å². The minimum atomic E-state index is -0.646. The van der Waals surface area contributed by atoms with E-state index < -0.39 is 23.6 Å². The molecule has 0 spiro atoms. The summed E-state index contributed by atoms with van der Waals surface area (Å²) in [5.41, 5.74) is 3.17. The Labute approximate surface area is 191 Å². The number of hydrogen-bond donors (Lipinski definition) is 1. The van der Waals surface area contributed by atoms with Gasteiger partial charge in [0.05, 0.1) is 19.8 Å². The van der Waals surface area contributed by atoms with Gasteiger partial charge in [0.1, 0.15) is 11.6 Å². The Morgan fingerprint density at radius 2 is 2.00 bits per heavy atom. The maximum atomic E-state index is 15.6. The molecule has 3 atom stereocenters. The highest BCUT2D eigenvalue weighted by molar-refractivity contribution is 5.87. The highest BCUT2D eigenvalue weighted by Gasteiger charge is 2.42. The predicted octanol–water partition coefficient (Wildman–Crippen LogP) is 4.76. The van der Waals surface area contributed by atoms with Gasteiger partial charge in [-0.25, -0.2) is 13.6 Å². The minimum absolute atomic E-state index is 0.0106. The van der Waals surface area contributed by atoms with E-state index in [-0.39, 0.29) is 23.2 Å². The Kier molecular flexibility index (Phi) is 5.76. The summed E-state index contributed by atoms with van der Waals surface area (Å²) in [5.74, 6) is -1.88. The predicted molar refractivity (Wildman–Crippen MR) is 122 cm³/mol. The average Bonchev–Trinajstić information content (AvgIpc) is 3.45. The number of carbonyl (C=O) groups excluding carboxylic acids is 1. The van der Waals surface area contributed by atoms with E-state index in [4.69, 9.17) is 4.74 Å². The first kappa shape index (κ1) is 21.8. The van der Waals surface area contributed by atoms with Crippen LogP contribution in [-0.2, 0) is 20.7 Å². The van der Waals surface area contributed by atoms with E-state index in [9.17, 15) is 4.79 Å². The molecule has 2 aliphatic rings. The summed E-state index contributed by atoms with van der Waals surface area (Å²) in [6.45, 7) is 3.29. The van der Waals surface area contributed by atoms with Crippen molar-refractivity contribution in [2.45, 2.75) is 37.9 Å². The Hall–Kier alpha value is -3.03. The Balaban J connectivity index is 1.66. The smallest absolute Gasteiger partial charge is 0.330 e. The van der Waals surface area contributed by atoms with Crippen molar-refractivity contribution in [3.8, 4) is 0 Å². The van der Waals surface area contributed by atoms with Crippen molar-refractivity contribution in [3.05, 3.63) is 76.5 Å². The van der Waals surface area contributed by atoms with E-state index in [0.717, 1.165) is 41.1 Å². The number of nitrogens with zero attached hydrogens (tertiary/aromatic N) is 1. The van der Waals surface area contributed by atoms with Crippen molar-refractivity contribution in [2.24, 2.45) is 0 Å². The number of para-hydroxylation sites is 1. The van der Waals surface area contributed by atoms with E-state index in [2.05, 4.69) is 27.6 Å². The third-order valence-electron chi connectivity index (χ3n) is 6.74. The number of aromatic amines is 1. The summed E-state index contributed by atoms with van der Waals surface area (Å²) in [4.78, 5) is 17.1. The lowest BCUT2D eigenvalue weighted by atomic mass is 9.86. The van der Waals surface area contributed by atoms with Gasteiger partial charge in [0, 0.05) is 46.9 Å². The molecule has 0 radical (unpaired) electrons. The molecule has 172 valence electrons. The summed E-state index contributed by atoms with van der Waals surface area (Å²) in [7, 11) is 1.25. The lowest BCUT2D eigenvalue weighted by Gasteiger charge is -2.44. The zero-order chi connectivity index (χ0) is 23.1. The second-order valence-electron chi connectivity index (χ2n) is 8.74. The van der Waals surface area contributed by atoms with Crippen molar-refractivity contribution in [1.82, 2.24) is 9.88 Å². The minimum Gasteiger partial charge on any atom is -0.466 e. The van der Waals surface area contributed by atoms with Crippen LogP contribution in [0.4, 0.5) is 8.78 Å². The van der Waals surface area contributed by atoms with Gasteiger partial charge < -0.3 is 14.5 Å². The summed E-state index contributed by atoms with van der Waals surface area (Å²) >= 11 is 0. The van der Waals surface area contributed by atoms with Gasteiger partial charge in [0.2, 0.25) is 0 Å². The summed E-state index contributed by atoms with van der Waals surface area (Å²) in [6.07, 6.45) is 4.10. The van der Waals surface area contributed by atoms with Gasteiger partial charge >= 0.3 is 5.97 Å². The number of ether oxygens (including phenoxy) is 2. The number of esters is 1. The monoisotopic (exact) mass is 452 g/mol. The van der Waals surface area contributed by atoms with Crippen LogP contribution in [0.2, 0.25) is 0 Å². The maximum absolute atomic E-state index is 15.6. The normalized spacial score (nSPS) is 23.3. The maximum Gasteiger partial charge on any atom is 0.330 e. The molecule has 7 heteroatoms. The Bertz CT molecular complexity index is 1210. The number of benzene rings is 2. The first-order valence-electron chi connectivity index (χ1n) is 11.2. The molecule has 1 saturated heterocycles. The van der Waals surface area contributed by atoms with Crippen molar-refractivity contribution < 1.29 is 23.0 Å². The topological polar surface area (TPSA) is 54.6 Å². The Morgan fingerprint density at radius 3 is 2.70 bits per heavy atom. The molecule has 1 aromatic heterocycles. The molecule has 1 fully saturated rings. The van der Waals surface area contributed by atoms with Gasteiger partial charge in [0.25, 0.3) is 0 Å². The van der Waals surface area contributed by atoms with Crippen molar-refractivity contribution in [1.29, 1.82) is 0 Å². The number of carbonyl (C=O) groups is 1. The van der Waals surface area contributed by atoms with Crippen LogP contribution < -0.4 is 0 Å². The first-order chi connectivity index (χ1) is 16.0. The summed E-state index contributed by atoms with van der Waals surface area (Å²) < 4.78 is 41.4. The second kappa shape index (κ2) is 8.72. The lowest BCUT2D eigenvalue weighted by Crippen LogP contribution is -2.49. The molecule has 0 bridgehead atoms. The molecule has 3 aromatic rings. The van der Waals surface area contributed by atoms with E-state index in [1.54, 1.807) is 0 Å². The van der Waals surface area contributed by atoms with Gasteiger partial charge in [-0.3, -0.25) is 4.90 Å². The standard InChI is InChI=1S/C26H26F2N2O3/c1-15-11-19-18-5-3-4-6-22(18)29-25(19)26(30(15)17-9-10-33-14-17)24-20(27)12-16(13-21(24)28)7-8-23(31)32-2/h3-8,12-13,15,17,26,29H,9-11,14H2,1-2H3/b8-7+/t15-,17?,26-/m1/s1. The molecule has 5 nitrogen and oxygen atoms in total. The number of hydrogen-bond acceptors (Lipinski definition) is 4. The number of fused-ring (bicyclic) bond motifs is 3. The van der Waals surface area contributed by atoms with E-state index in [0.29, 0.717) is 13.2 Å². The summed E-state index contributed by atoms with van der Waals surface area (Å²) in [5, 5.41) is 1.09. The molecule has 1 N–H and O–H groups in total. The average molecular weight is 453 g/mol. The van der Waals surface area contributed by atoms with Gasteiger partial charge in [-0.05, 0) is 55.2 Å². The van der Waals surface area contributed by atoms with E-state index >= 15 is 8.78 Å². The third kappa shape index (κ3) is 3.85. The molecule has 5 rings (SSSR count). The molecule has 3 heterocycles. The zero-order valence-electron chi connectivity index (χ0n) is 18.6. The fraction of sp³-hybridized carbons (Fsp3) is 0.346. The molecular weight excluding hydrogens is 426 g/mol. The van der Waals surface area contributed by atoms with Crippen molar-refractivity contribution in [3.63, 3.8) is 0 Å². The molecule has 1 unspecified atom stereocenters. The van der Waals surface area contributed by atoms with Gasteiger partial charge in [-0.15, -0.1) is 0 Å². The van der Waals surface area contributed by atoms with Crippen LogP contribution in [0, 0.1) is 11.6 Å². The van der Waals surface area contributed by atoms with Gasteiger partial charge in [-0.2, -0.15) is 0 Å². The zero-order valence-corrected chi connectivity index (χ0v) is 18.6. The highest BCUT2D eigenvalue weighted by Crippen LogP contribution is 2.44. The molecule has 2 aromatic carbocycles. The van der Waals surface area contributed by atoms with Crippen LogP contribution in [0.5, 0.6) is 0 Å². The number of methoxy groups -OCH3 is 1. The number of aromatic nitrogens is 1. The van der Waals surface area contributed by atoms with Gasteiger partial charge in [0.15, 0.2) is 0 Å². The molecule has 0 aliphatic carbocycles. The second-order valence-corrected chi connectivity index (χ2v) is 8.74. The molecule has 33 heavy (non-hydrogen) atoms. The quantitative estimate of drug-likeness (QED) is 0.458. The molecule has 0 saturated carbocycles. The van der Waals surface area contributed by atoms with Crippen LogP contribution in [-0.4, -0.2) is 48.3 Å². The number of H-pyrrole nitrogens is 1. The first-order valence-corrected chi connectivity index (χ1v) is 11.2. The lowest BCUT2D eigenvalue weighted by molar-refractivity contribution is -0.134. The number of rotatable bonds is 4. The number of halogens is 2. The SMILES string of the molecule is COC(=O)/C=C/c1cc(F)c([C@@H]2c3[nH]c4ccccc4c3C[C@@H](C)N2C2CCOC2)c(F)c1. The van der Waals surface area contributed by atoms with Crippen LogP contribution in [0.3, 0.4) is 0 Å². The van der Waals surface area contributed by atoms with Crippen molar-refractivity contribution >= 4 is 22.9 Å². The van der Waals surface area contributed by atoms with E-state index in [1.165, 1.54) is 25.3 Å².